The molecule has 0 bridgehead atoms. The molecule has 0 aliphatic heterocycles. The first-order valence-electron chi connectivity index (χ1n) is 9.71. The minimum atomic E-state index is -1.74. The predicted molar refractivity (Wildman–Crippen MR) is 123 cm³/mol. The molecule has 0 aliphatic carbocycles. The second kappa shape index (κ2) is 8.14. The highest BCUT2D eigenvalue weighted by Crippen LogP contribution is 2.22. The average molecular weight is 462 g/mol. The summed E-state index contributed by atoms with van der Waals surface area (Å²) in [6.07, 6.45) is 0. The summed E-state index contributed by atoms with van der Waals surface area (Å²) in [5.41, 5.74) is 2.07. The lowest BCUT2D eigenvalue weighted by Gasteiger charge is -2.12. The Hall–Kier alpha value is -3.62. The zero-order valence-electron chi connectivity index (χ0n) is 16.8. The average Bonchev–Trinajstić information content (AvgIpc) is 3.25. The van der Waals surface area contributed by atoms with Gasteiger partial charge in [0, 0.05) is 9.92 Å². The van der Waals surface area contributed by atoms with Gasteiger partial charge in [-0.25, -0.2) is 4.21 Å². The zero-order chi connectivity index (χ0) is 22.2. The summed E-state index contributed by atoms with van der Waals surface area (Å²) in [7, 11) is -1.74. The molecule has 0 N–H and O–H groups in total. The molecule has 2 aromatic heterocycles. The molecule has 5 aromatic rings. The normalized spacial score (nSPS) is 12.2. The van der Waals surface area contributed by atoms with Gasteiger partial charge in [-0.1, -0.05) is 52.7 Å². The monoisotopic (exact) mass is 461 g/mol. The zero-order valence-corrected chi connectivity index (χ0v) is 18.4. The molecule has 5 rings (SSSR count). The highest BCUT2D eigenvalue weighted by Gasteiger charge is 2.23. The van der Waals surface area contributed by atoms with Crippen LogP contribution in [0.3, 0.4) is 0 Å². The molecule has 1 atom stereocenters. The molecule has 0 spiro atoms. The van der Waals surface area contributed by atoms with Crippen LogP contribution in [0.4, 0.5) is 0 Å². The van der Waals surface area contributed by atoms with Gasteiger partial charge in [-0.05, 0) is 55.5 Å². The molecule has 0 aliphatic rings. The molecule has 0 saturated heterocycles. The Kier molecular flexibility index (Phi) is 5.16. The van der Waals surface area contributed by atoms with E-state index in [0.29, 0.717) is 21.3 Å². The standard InChI is InChI=1S/C23H16ClN5O2S/c1-15-7-13-19(14-8-15)32(31)23-25-21-20(26-27-29(21)18-5-3-2-4-6-18)22(30)28(23)17-11-9-16(24)10-12-17/h2-14H,1H3. The van der Waals surface area contributed by atoms with Crippen molar-refractivity contribution in [2.24, 2.45) is 0 Å². The van der Waals surface area contributed by atoms with Crippen molar-refractivity contribution in [2.75, 3.05) is 0 Å². The smallest absolute Gasteiger partial charge is 0.266 e. The van der Waals surface area contributed by atoms with Gasteiger partial charge in [0.05, 0.1) is 11.4 Å². The molecule has 0 radical (unpaired) electrons. The van der Waals surface area contributed by atoms with Crippen molar-refractivity contribution in [1.82, 2.24) is 24.5 Å². The van der Waals surface area contributed by atoms with Crippen molar-refractivity contribution in [3.63, 3.8) is 0 Å². The first kappa shape index (κ1) is 20.3. The van der Waals surface area contributed by atoms with Gasteiger partial charge in [0.1, 0.15) is 10.8 Å². The Morgan fingerprint density at radius 2 is 1.56 bits per heavy atom. The second-order valence-electron chi connectivity index (χ2n) is 7.10. The molecular weight excluding hydrogens is 446 g/mol. The molecule has 0 amide bonds. The van der Waals surface area contributed by atoms with Crippen LogP contribution in [0.1, 0.15) is 5.56 Å². The quantitative estimate of drug-likeness (QED) is 0.376. The molecule has 32 heavy (non-hydrogen) atoms. The fourth-order valence-corrected chi connectivity index (χ4v) is 4.55. The number of rotatable bonds is 4. The molecular formula is C23H16ClN5O2S. The first-order valence-corrected chi connectivity index (χ1v) is 11.2. The van der Waals surface area contributed by atoms with Crippen molar-refractivity contribution in [1.29, 1.82) is 0 Å². The van der Waals surface area contributed by atoms with E-state index < -0.39 is 16.4 Å². The van der Waals surface area contributed by atoms with Crippen molar-refractivity contribution in [3.8, 4) is 11.4 Å². The summed E-state index contributed by atoms with van der Waals surface area (Å²) in [5.74, 6) is 0. The minimum absolute atomic E-state index is 0.0770. The molecule has 2 heterocycles. The molecule has 158 valence electrons. The number of halogens is 1. The summed E-state index contributed by atoms with van der Waals surface area (Å²) < 4.78 is 16.4. The number of aryl methyl sites for hydroxylation is 1. The van der Waals surface area contributed by atoms with Crippen LogP contribution in [0.15, 0.2) is 93.7 Å². The van der Waals surface area contributed by atoms with Gasteiger partial charge in [0.25, 0.3) is 5.56 Å². The predicted octanol–water partition coefficient (Wildman–Crippen LogP) is 4.09. The maximum atomic E-state index is 13.6. The van der Waals surface area contributed by atoms with E-state index in [2.05, 4.69) is 15.3 Å². The lowest BCUT2D eigenvalue weighted by atomic mass is 10.2. The fourth-order valence-electron chi connectivity index (χ4n) is 3.30. The summed E-state index contributed by atoms with van der Waals surface area (Å²) in [4.78, 5) is 18.7. The molecule has 0 saturated carbocycles. The summed E-state index contributed by atoms with van der Waals surface area (Å²) in [5, 5.41) is 8.80. The number of para-hydroxylation sites is 1. The van der Waals surface area contributed by atoms with Crippen LogP contribution in [0, 0.1) is 6.92 Å². The van der Waals surface area contributed by atoms with E-state index in [1.165, 1.54) is 9.25 Å². The Morgan fingerprint density at radius 1 is 0.875 bits per heavy atom. The van der Waals surface area contributed by atoms with Crippen LogP contribution in [0.5, 0.6) is 0 Å². The Morgan fingerprint density at radius 3 is 2.25 bits per heavy atom. The third kappa shape index (κ3) is 3.53. The Balaban J connectivity index is 1.81. The number of nitrogens with zero attached hydrogens (tertiary/aromatic N) is 5. The molecule has 9 heteroatoms. The van der Waals surface area contributed by atoms with Gasteiger partial charge in [-0.2, -0.15) is 9.67 Å². The fraction of sp³-hybridized carbons (Fsp3) is 0.0435. The SMILES string of the molecule is Cc1ccc(S(=O)c2nc3c(nnn3-c3ccccc3)c(=O)n2-c2ccc(Cl)cc2)cc1. The third-order valence-electron chi connectivity index (χ3n) is 4.93. The maximum absolute atomic E-state index is 13.6. The van der Waals surface area contributed by atoms with Crippen LogP contribution in [-0.4, -0.2) is 28.8 Å². The van der Waals surface area contributed by atoms with Crippen LogP contribution >= 0.6 is 11.6 Å². The van der Waals surface area contributed by atoms with Crippen molar-refractivity contribution >= 4 is 33.6 Å². The van der Waals surface area contributed by atoms with E-state index in [4.69, 9.17) is 11.6 Å². The van der Waals surface area contributed by atoms with Gasteiger partial charge in [-0.3, -0.25) is 9.36 Å². The van der Waals surface area contributed by atoms with E-state index >= 15 is 0 Å². The van der Waals surface area contributed by atoms with Gasteiger partial charge in [0.2, 0.25) is 5.16 Å². The van der Waals surface area contributed by atoms with Crippen LogP contribution < -0.4 is 5.56 Å². The minimum Gasteiger partial charge on any atom is -0.266 e. The highest BCUT2D eigenvalue weighted by atomic mass is 35.5. The van der Waals surface area contributed by atoms with Gasteiger partial charge in [0.15, 0.2) is 11.2 Å². The Labute approximate surface area is 190 Å². The molecule has 1 unspecified atom stereocenters. The Bertz CT molecular complexity index is 1510. The summed E-state index contributed by atoms with van der Waals surface area (Å²) >= 11 is 6.03. The van der Waals surface area contributed by atoms with Gasteiger partial charge in [-0.15, -0.1) is 5.10 Å². The van der Waals surface area contributed by atoms with Crippen molar-refractivity contribution < 1.29 is 4.21 Å². The summed E-state index contributed by atoms with van der Waals surface area (Å²) in [6.45, 7) is 1.95. The van der Waals surface area contributed by atoms with Gasteiger partial charge >= 0.3 is 0 Å². The van der Waals surface area contributed by atoms with Crippen LogP contribution in [0.2, 0.25) is 5.02 Å². The first-order chi connectivity index (χ1) is 15.5. The second-order valence-corrected chi connectivity index (χ2v) is 8.91. The van der Waals surface area contributed by atoms with Crippen LogP contribution in [-0.2, 0) is 10.8 Å². The molecule has 7 nitrogen and oxygen atoms in total. The lowest BCUT2D eigenvalue weighted by molar-refractivity contribution is 0.666. The lowest BCUT2D eigenvalue weighted by Crippen LogP contribution is -2.25. The van der Waals surface area contributed by atoms with E-state index in [9.17, 15) is 9.00 Å². The van der Waals surface area contributed by atoms with E-state index in [1.54, 1.807) is 36.4 Å². The summed E-state index contributed by atoms with van der Waals surface area (Å²) in [6, 6.07) is 23.2. The highest BCUT2D eigenvalue weighted by molar-refractivity contribution is 7.85. The molecule has 3 aromatic carbocycles. The van der Waals surface area contributed by atoms with Crippen molar-refractivity contribution in [2.45, 2.75) is 17.0 Å². The van der Waals surface area contributed by atoms with Crippen LogP contribution in [0.25, 0.3) is 22.5 Å². The molecule has 0 fully saturated rings. The number of fused-ring (bicyclic) bond motifs is 1. The number of benzene rings is 3. The van der Waals surface area contributed by atoms with E-state index in [0.717, 1.165) is 5.56 Å². The van der Waals surface area contributed by atoms with Gasteiger partial charge < -0.3 is 0 Å². The maximum Gasteiger partial charge on any atom is 0.289 e. The largest absolute Gasteiger partial charge is 0.289 e. The topological polar surface area (TPSA) is 82.7 Å². The third-order valence-corrected chi connectivity index (χ3v) is 6.49. The van der Waals surface area contributed by atoms with Crippen molar-refractivity contribution in [3.05, 3.63) is 99.8 Å². The van der Waals surface area contributed by atoms with E-state index in [1.807, 2.05) is 49.4 Å². The number of hydrogen-bond acceptors (Lipinski definition) is 5. The number of aromatic nitrogens is 5. The van der Waals surface area contributed by atoms with E-state index in [-0.39, 0.29) is 16.3 Å². The number of hydrogen-bond donors (Lipinski definition) is 0.